The van der Waals surface area contributed by atoms with Crippen LogP contribution >= 0.6 is 0 Å². The van der Waals surface area contributed by atoms with E-state index >= 15 is 0 Å². The Morgan fingerprint density at radius 2 is 0.938 bits per heavy atom. The Labute approximate surface area is 104 Å². The molecule has 0 aromatic rings. The summed E-state index contributed by atoms with van der Waals surface area (Å²) in [6.45, 7) is 14.3. The Morgan fingerprint density at radius 1 is 0.625 bits per heavy atom. The molecule has 0 heterocycles. The average Bonchev–Trinajstić information content (AvgIpc) is 2.17. The van der Waals surface area contributed by atoms with Gasteiger partial charge in [-0.15, -0.1) is 0 Å². The molecule has 98 valence electrons. The molecule has 0 aromatic carbocycles. The van der Waals surface area contributed by atoms with Crippen LogP contribution < -0.4 is 0 Å². The van der Waals surface area contributed by atoms with E-state index in [1.54, 1.807) is 0 Å². The van der Waals surface area contributed by atoms with Gasteiger partial charge in [-0.05, 0) is 36.5 Å². The first-order valence-corrected chi connectivity index (χ1v) is 7.51. The SMILES string of the molecule is CCC[C@@H](C)C[C@H](C)[C@@H](C)C[C@@H](C)CCC. The highest BCUT2D eigenvalue weighted by atomic mass is 14.2. The van der Waals surface area contributed by atoms with Crippen LogP contribution in [0.5, 0.6) is 0 Å². The minimum Gasteiger partial charge on any atom is -0.0654 e. The molecular weight excluding hydrogens is 192 g/mol. The molecule has 16 heavy (non-hydrogen) atoms. The highest BCUT2D eigenvalue weighted by Crippen LogP contribution is 2.28. The topological polar surface area (TPSA) is 0 Å². The molecule has 0 saturated heterocycles. The summed E-state index contributed by atoms with van der Waals surface area (Å²) in [7, 11) is 0. The third kappa shape index (κ3) is 7.30. The first-order chi connectivity index (χ1) is 7.51. The van der Waals surface area contributed by atoms with Gasteiger partial charge in [0.05, 0.1) is 0 Å². The predicted octanol–water partition coefficient (Wildman–Crippen LogP) is 5.91. The summed E-state index contributed by atoms with van der Waals surface area (Å²) in [6.07, 6.45) is 8.34. The van der Waals surface area contributed by atoms with Crippen molar-refractivity contribution in [1.29, 1.82) is 0 Å². The fourth-order valence-corrected chi connectivity index (χ4v) is 2.96. The lowest BCUT2D eigenvalue weighted by atomic mass is 9.81. The van der Waals surface area contributed by atoms with E-state index in [0.717, 1.165) is 23.7 Å². The van der Waals surface area contributed by atoms with Crippen LogP contribution in [0, 0.1) is 23.7 Å². The van der Waals surface area contributed by atoms with Crippen molar-refractivity contribution in [3.8, 4) is 0 Å². The molecule has 0 aliphatic carbocycles. The summed E-state index contributed by atoms with van der Waals surface area (Å²) in [5.41, 5.74) is 0. The summed E-state index contributed by atoms with van der Waals surface area (Å²) in [5, 5.41) is 0. The van der Waals surface area contributed by atoms with Gasteiger partial charge in [-0.1, -0.05) is 67.2 Å². The molecule has 0 aromatic heterocycles. The number of hydrogen-bond donors (Lipinski definition) is 0. The van der Waals surface area contributed by atoms with Crippen LogP contribution in [0.3, 0.4) is 0 Å². The van der Waals surface area contributed by atoms with Gasteiger partial charge in [0.25, 0.3) is 0 Å². The van der Waals surface area contributed by atoms with Crippen molar-refractivity contribution in [2.45, 2.75) is 80.1 Å². The Balaban J connectivity index is 3.83. The van der Waals surface area contributed by atoms with E-state index in [1.807, 2.05) is 0 Å². The quantitative estimate of drug-likeness (QED) is 0.458. The highest BCUT2D eigenvalue weighted by molar-refractivity contribution is 4.68. The summed E-state index contributed by atoms with van der Waals surface area (Å²) < 4.78 is 0. The fourth-order valence-electron chi connectivity index (χ4n) is 2.96. The van der Waals surface area contributed by atoms with Crippen LogP contribution in [0.2, 0.25) is 0 Å². The lowest BCUT2D eigenvalue weighted by molar-refractivity contribution is 0.258. The van der Waals surface area contributed by atoms with Gasteiger partial charge in [-0.25, -0.2) is 0 Å². The normalized spacial score (nSPS) is 19.1. The monoisotopic (exact) mass is 226 g/mol. The zero-order chi connectivity index (χ0) is 12.6. The second kappa shape index (κ2) is 9.07. The second-order valence-electron chi connectivity index (χ2n) is 6.21. The summed E-state index contributed by atoms with van der Waals surface area (Å²) >= 11 is 0. The average molecular weight is 226 g/mol. The van der Waals surface area contributed by atoms with E-state index in [4.69, 9.17) is 0 Å². The molecule has 0 aliphatic heterocycles. The fraction of sp³-hybridized carbons (Fsp3) is 1.00. The number of hydrogen-bond acceptors (Lipinski definition) is 0. The molecule has 0 saturated carbocycles. The zero-order valence-corrected chi connectivity index (χ0v) is 12.6. The maximum atomic E-state index is 2.45. The second-order valence-corrected chi connectivity index (χ2v) is 6.21. The van der Waals surface area contributed by atoms with Crippen molar-refractivity contribution in [1.82, 2.24) is 0 Å². The maximum Gasteiger partial charge on any atom is -0.0414 e. The van der Waals surface area contributed by atoms with Crippen LogP contribution in [-0.4, -0.2) is 0 Å². The molecule has 0 spiro atoms. The zero-order valence-electron chi connectivity index (χ0n) is 12.6. The summed E-state index contributed by atoms with van der Waals surface area (Å²) in [4.78, 5) is 0. The van der Waals surface area contributed by atoms with E-state index < -0.39 is 0 Å². The van der Waals surface area contributed by atoms with Crippen LogP contribution in [-0.2, 0) is 0 Å². The third-order valence-electron chi connectivity index (χ3n) is 4.08. The molecule has 4 atom stereocenters. The molecule has 0 fully saturated rings. The maximum absolute atomic E-state index is 2.45. The standard InChI is InChI=1S/C16H34/c1-7-9-13(3)11-15(5)16(6)12-14(4)10-8-2/h13-16H,7-12H2,1-6H3/t13-,14+,15-,16-/m0/s1. The molecule has 0 N–H and O–H groups in total. The Kier molecular flexibility index (Phi) is 9.07. The van der Waals surface area contributed by atoms with E-state index in [1.165, 1.54) is 38.5 Å². The number of rotatable bonds is 9. The van der Waals surface area contributed by atoms with Crippen molar-refractivity contribution in [3.63, 3.8) is 0 Å². The van der Waals surface area contributed by atoms with Crippen LogP contribution in [0.25, 0.3) is 0 Å². The molecule has 0 radical (unpaired) electrons. The molecular formula is C16H34. The van der Waals surface area contributed by atoms with Crippen molar-refractivity contribution >= 4 is 0 Å². The molecule has 0 amide bonds. The minimum absolute atomic E-state index is 0.904. The van der Waals surface area contributed by atoms with Crippen molar-refractivity contribution in [3.05, 3.63) is 0 Å². The molecule has 0 bridgehead atoms. The van der Waals surface area contributed by atoms with Gasteiger partial charge in [0.15, 0.2) is 0 Å². The molecule has 0 nitrogen and oxygen atoms in total. The Morgan fingerprint density at radius 3 is 1.19 bits per heavy atom. The molecule has 0 aliphatic rings. The van der Waals surface area contributed by atoms with Gasteiger partial charge >= 0.3 is 0 Å². The van der Waals surface area contributed by atoms with Gasteiger partial charge in [-0.3, -0.25) is 0 Å². The largest absolute Gasteiger partial charge is 0.0654 e. The van der Waals surface area contributed by atoms with Gasteiger partial charge in [0.1, 0.15) is 0 Å². The summed E-state index contributed by atoms with van der Waals surface area (Å²) in [5.74, 6) is 3.65. The Hall–Kier alpha value is 0. The van der Waals surface area contributed by atoms with Crippen LogP contribution in [0.4, 0.5) is 0 Å². The molecule has 0 heteroatoms. The molecule has 0 rings (SSSR count). The third-order valence-corrected chi connectivity index (χ3v) is 4.08. The van der Waals surface area contributed by atoms with Crippen molar-refractivity contribution in [2.24, 2.45) is 23.7 Å². The highest BCUT2D eigenvalue weighted by Gasteiger charge is 2.17. The van der Waals surface area contributed by atoms with Crippen LogP contribution in [0.15, 0.2) is 0 Å². The van der Waals surface area contributed by atoms with Crippen LogP contribution in [0.1, 0.15) is 80.1 Å². The Bertz CT molecular complexity index is 132. The molecule has 0 unspecified atom stereocenters. The van der Waals surface area contributed by atoms with E-state index in [9.17, 15) is 0 Å². The van der Waals surface area contributed by atoms with Gasteiger partial charge in [-0.2, -0.15) is 0 Å². The van der Waals surface area contributed by atoms with Crippen molar-refractivity contribution in [2.75, 3.05) is 0 Å². The van der Waals surface area contributed by atoms with Gasteiger partial charge in [0.2, 0.25) is 0 Å². The lowest BCUT2D eigenvalue weighted by Crippen LogP contribution is -2.14. The summed E-state index contributed by atoms with van der Waals surface area (Å²) in [6, 6.07) is 0. The van der Waals surface area contributed by atoms with Gasteiger partial charge < -0.3 is 0 Å². The van der Waals surface area contributed by atoms with Gasteiger partial charge in [0, 0.05) is 0 Å². The van der Waals surface area contributed by atoms with E-state index in [0.29, 0.717) is 0 Å². The minimum atomic E-state index is 0.904. The van der Waals surface area contributed by atoms with Crippen molar-refractivity contribution < 1.29 is 0 Å². The first-order valence-electron chi connectivity index (χ1n) is 7.51. The van der Waals surface area contributed by atoms with E-state index in [-0.39, 0.29) is 0 Å². The lowest BCUT2D eigenvalue weighted by Gasteiger charge is -2.25. The predicted molar refractivity (Wildman–Crippen MR) is 75.7 cm³/mol. The van der Waals surface area contributed by atoms with E-state index in [2.05, 4.69) is 41.5 Å². The first kappa shape index (κ1) is 16.0. The smallest absolute Gasteiger partial charge is 0.0414 e.